The molecule has 0 aliphatic heterocycles. The number of rotatable bonds is 6. The summed E-state index contributed by atoms with van der Waals surface area (Å²) >= 11 is 9.64. The Morgan fingerprint density at radius 2 is 1.73 bits per heavy atom. The highest BCUT2D eigenvalue weighted by molar-refractivity contribution is 14.0. The Kier molecular flexibility index (Phi) is 10.1. The number of hydrogen-bond donors (Lipinski definition) is 2. The zero-order valence-corrected chi connectivity index (χ0v) is 19.5. The highest BCUT2D eigenvalue weighted by Gasteiger charge is 2.06. The van der Waals surface area contributed by atoms with Crippen LogP contribution in [0.2, 0.25) is 5.02 Å². The Bertz CT molecular complexity index is 759. The third-order valence-electron chi connectivity index (χ3n) is 3.59. The summed E-state index contributed by atoms with van der Waals surface area (Å²) in [6, 6.07) is 11.6. The Balaban J connectivity index is 0.00000338. The lowest BCUT2D eigenvalue weighted by Gasteiger charge is -2.14. The number of benzene rings is 2. The number of halogens is 3. The van der Waals surface area contributed by atoms with E-state index in [9.17, 15) is 0 Å². The van der Waals surface area contributed by atoms with Gasteiger partial charge in [-0.3, -0.25) is 4.99 Å². The van der Waals surface area contributed by atoms with Crippen LogP contribution in [-0.4, -0.2) is 27.2 Å². The Morgan fingerprint density at radius 3 is 2.35 bits per heavy atom. The van der Waals surface area contributed by atoms with E-state index in [1.807, 2.05) is 36.4 Å². The zero-order chi connectivity index (χ0) is 18.2. The summed E-state index contributed by atoms with van der Waals surface area (Å²) in [5.74, 6) is 2.10. The molecule has 0 unspecified atom stereocenters. The molecule has 2 rings (SSSR count). The van der Waals surface area contributed by atoms with E-state index in [0.29, 0.717) is 35.6 Å². The molecule has 0 saturated carbocycles. The van der Waals surface area contributed by atoms with Crippen molar-refractivity contribution in [3.8, 4) is 11.5 Å². The Morgan fingerprint density at radius 1 is 1.04 bits per heavy atom. The average molecular weight is 555 g/mol. The summed E-state index contributed by atoms with van der Waals surface area (Å²) in [4.78, 5) is 4.23. The maximum atomic E-state index is 6.24. The van der Waals surface area contributed by atoms with Crippen LogP contribution in [0.3, 0.4) is 0 Å². The van der Waals surface area contributed by atoms with E-state index >= 15 is 0 Å². The summed E-state index contributed by atoms with van der Waals surface area (Å²) in [5, 5.41) is 7.22. The van der Waals surface area contributed by atoms with Gasteiger partial charge < -0.3 is 20.1 Å². The van der Waals surface area contributed by atoms with Gasteiger partial charge in [0.05, 0.1) is 14.2 Å². The molecule has 0 aromatic heterocycles. The molecule has 0 aliphatic rings. The molecule has 0 aliphatic carbocycles. The van der Waals surface area contributed by atoms with Gasteiger partial charge in [0.25, 0.3) is 0 Å². The predicted molar refractivity (Wildman–Crippen MR) is 121 cm³/mol. The third kappa shape index (κ3) is 6.51. The molecule has 0 spiro atoms. The second-order valence-corrected chi connectivity index (χ2v) is 6.53. The summed E-state index contributed by atoms with van der Waals surface area (Å²) in [6.07, 6.45) is 0. The van der Waals surface area contributed by atoms with Crippen LogP contribution in [0.5, 0.6) is 11.5 Å². The number of hydrogen-bond acceptors (Lipinski definition) is 3. The smallest absolute Gasteiger partial charge is 0.191 e. The quantitative estimate of drug-likeness (QED) is 0.311. The number of guanidine groups is 1. The molecular formula is C18H22BrClIN3O2. The third-order valence-corrected chi connectivity index (χ3v) is 4.44. The first-order valence-electron chi connectivity index (χ1n) is 7.66. The van der Waals surface area contributed by atoms with Crippen molar-refractivity contribution in [1.29, 1.82) is 0 Å². The summed E-state index contributed by atoms with van der Waals surface area (Å²) in [5.41, 5.74) is 2.06. The molecule has 0 atom stereocenters. The second-order valence-electron chi connectivity index (χ2n) is 5.20. The fraction of sp³-hybridized carbons (Fsp3) is 0.278. The molecule has 0 heterocycles. The molecule has 0 fully saturated rings. The monoisotopic (exact) mass is 553 g/mol. The van der Waals surface area contributed by atoms with Gasteiger partial charge >= 0.3 is 0 Å². The number of aliphatic imine (C=N–C) groups is 1. The van der Waals surface area contributed by atoms with Gasteiger partial charge in [0.1, 0.15) is 0 Å². The topological polar surface area (TPSA) is 54.9 Å². The van der Waals surface area contributed by atoms with Gasteiger partial charge in [-0.15, -0.1) is 24.0 Å². The van der Waals surface area contributed by atoms with Crippen molar-refractivity contribution in [3.05, 3.63) is 57.0 Å². The van der Waals surface area contributed by atoms with Crippen LogP contribution in [0, 0.1) is 0 Å². The molecule has 0 radical (unpaired) electrons. The van der Waals surface area contributed by atoms with Crippen LogP contribution in [0.15, 0.2) is 45.9 Å². The van der Waals surface area contributed by atoms with Crippen LogP contribution >= 0.6 is 51.5 Å². The maximum absolute atomic E-state index is 6.24. The molecular weight excluding hydrogens is 532 g/mol. The van der Waals surface area contributed by atoms with Gasteiger partial charge in [-0.2, -0.15) is 0 Å². The molecule has 2 aromatic carbocycles. The zero-order valence-electron chi connectivity index (χ0n) is 14.8. The van der Waals surface area contributed by atoms with Crippen molar-refractivity contribution in [2.24, 2.45) is 4.99 Å². The first-order chi connectivity index (χ1) is 12.1. The van der Waals surface area contributed by atoms with E-state index in [1.54, 1.807) is 21.3 Å². The maximum Gasteiger partial charge on any atom is 0.191 e. The van der Waals surface area contributed by atoms with Crippen LogP contribution in [0.25, 0.3) is 0 Å². The SMILES string of the molecule is CN=C(NCc1ccc(OC)c(OC)c1)NCc1ccc(Br)cc1Cl.I. The van der Waals surface area contributed by atoms with Gasteiger partial charge in [0.2, 0.25) is 0 Å². The highest BCUT2D eigenvalue weighted by Crippen LogP contribution is 2.27. The van der Waals surface area contributed by atoms with Crippen LogP contribution in [0.4, 0.5) is 0 Å². The first-order valence-corrected chi connectivity index (χ1v) is 8.83. The Hall–Kier alpha value is -1.19. The van der Waals surface area contributed by atoms with Gasteiger partial charge in [-0.25, -0.2) is 0 Å². The van der Waals surface area contributed by atoms with Crippen molar-refractivity contribution >= 4 is 57.5 Å². The average Bonchev–Trinajstić information content (AvgIpc) is 2.62. The van der Waals surface area contributed by atoms with Crippen LogP contribution in [-0.2, 0) is 13.1 Å². The van der Waals surface area contributed by atoms with Crippen LogP contribution < -0.4 is 20.1 Å². The minimum atomic E-state index is 0. The van der Waals surface area contributed by atoms with E-state index in [1.165, 1.54) is 0 Å². The largest absolute Gasteiger partial charge is 0.493 e. The van der Waals surface area contributed by atoms with E-state index in [0.717, 1.165) is 15.6 Å². The molecule has 26 heavy (non-hydrogen) atoms. The van der Waals surface area contributed by atoms with E-state index < -0.39 is 0 Å². The van der Waals surface area contributed by atoms with Crippen molar-refractivity contribution in [1.82, 2.24) is 10.6 Å². The molecule has 142 valence electrons. The fourth-order valence-corrected chi connectivity index (χ4v) is 2.98. The number of nitrogens with one attached hydrogen (secondary N) is 2. The van der Waals surface area contributed by atoms with Gasteiger partial charge in [0, 0.05) is 29.6 Å². The first kappa shape index (κ1) is 22.9. The predicted octanol–water partition coefficient (Wildman–Crippen LogP) is 4.60. The van der Waals surface area contributed by atoms with Crippen molar-refractivity contribution in [2.45, 2.75) is 13.1 Å². The van der Waals surface area contributed by atoms with Crippen molar-refractivity contribution in [3.63, 3.8) is 0 Å². The molecule has 2 aromatic rings. The molecule has 0 bridgehead atoms. The van der Waals surface area contributed by atoms with Crippen molar-refractivity contribution < 1.29 is 9.47 Å². The standard InChI is InChI=1S/C18H21BrClN3O2.HI/c1-21-18(23-11-13-5-6-14(19)9-15(13)20)22-10-12-4-7-16(24-2)17(8-12)25-3;/h4-9H,10-11H2,1-3H3,(H2,21,22,23);1H. The Labute approximate surface area is 184 Å². The molecule has 0 saturated heterocycles. The highest BCUT2D eigenvalue weighted by atomic mass is 127. The number of nitrogens with zero attached hydrogens (tertiary/aromatic N) is 1. The second kappa shape index (κ2) is 11.5. The molecule has 0 amide bonds. The van der Waals surface area contributed by atoms with Gasteiger partial charge in [-0.05, 0) is 35.4 Å². The summed E-state index contributed by atoms with van der Waals surface area (Å²) in [7, 11) is 4.97. The minimum absolute atomic E-state index is 0. The van der Waals surface area contributed by atoms with Gasteiger partial charge in [-0.1, -0.05) is 39.7 Å². The number of ether oxygens (including phenoxy) is 2. The lowest BCUT2D eigenvalue weighted by molar-refractivity contribution is 0.354. The van der Waals surface area contributed by atoms with Crippen LogP contribution in [0.1, 0.15) is 11.1 Å². The summed E-state index contributed by atoms with van der Waals surface area (Å²) in [6.45, 7) is 1.19. The fourth-order valence-electron chi connectivity index (χ4n) is 2.24. The summed E-state index contributed by atoms with van der Waals surface area (Å²) < 4.78 is 11.5. The van der Waals surface area contributed by atoms with E-state index in [4.69, 9.17) is 21.1 Å². The van der Waals surface area contributed by atoms with E-state index in [2.05, 4.69) is 31.6 Å². The normalized spacial score (nSPS) is 10.7. The van der Waals surface area contributed by atoms with E-state index in [-0.39, 0.29) is 24.0 Å². The van der Waals surface area contributed by atoms with Crippen molar-refractivity contribution in [2.75, 3.05) is 21.3 Å². The molecule has 8 heteroatoms. The lowest BCUT2D eigenvalue weighted by atomic mass is 10.2. The lowest BCUT2D eigenvalue weighted by Crippen LogP contribution is -2.36. The molecule has 2 N–H and O–H groups in total. The molecule has 5 nitrogen and oxygen atoms in total. The minimum Gasteiger partial charge on any atom is -0.493 e. The number of methoxy groups -OCH3 is 2. The van der Waals surface area contributed by atoms with Gasteiger partial charge in [0.15, 0.2) is 17.5 Å².